The Morgan fingerprint density at radius 1 is 1.23 bits per heavy atom. The molecule has 1 aromatic carbocycles. The van der Waals surface area contributed by atoms with Crippen LogP contribution in [0, 0.1) is 0 Å². The SMILES string of the molecule is COc1cccc(-c2nccnc2[C@@H]2CCCN(S(=O)(=O)N(C)C)C2)c1. The minimum atomic E-state index is -3.43. The molecule has 0 saturated carbocycles. The molecule has 0 N–H and O–H groups in total. The Bertz CT molecular complexity index is 870. The van der Waals surface area contributed by atoms with Gasteiger partial charge in [0.05, 0.1) is 18.5 Å². The monoisotopic (exact) mass is 376 g/mol. The highest BCUT2D eigenvalue weighted by Gasteiger charge is 2.32. The van der Waals surface area contributed by atoms with Crippen molar-refractivity contribution in [2.45, 2.75) is 18.8 Å². The Balaban J connectivity index is 1.95. The molecule has 26 heavy (non-hydrogen) atoms. The Morgan fingerprint density at radius 3 is 2.73 bits per heavy atom. The lowest BCUT2D eigenvalue weighted by Gasteiger charge is -2.33. The van der Waals surface area contributed by atoms with E-state index in [1.54, 1.807) is 33.6 Å². The fourth-order valence-electron chi connectivity index (χ4n) is 3.25. The quantitative estimate of drug-likeness (QED) is 0.799. The summed E-state index contributed by atoms with van der Waals surface area (Å²) in [5, 5.41) is 0. The van der Waals surface area contributed by atoms with Crippen molar-refractivity contribution in [1.82, 2.24) is 18.6 Å². The van der Waals surface area contributed by atoms with Gasteiger partial charge in [-0.3, -0.25) is 9.97 Å². The van der Waals surface area contributed by atoms with Gasteiger partial charge in [0, 0.05) is 51.1 Å². The zero-order chi connectivity index (χ0) is 18.7. The molecule has 1 aromatic heterocycles. The van der Waals surface area contributed by atoms with E-state index in [1.807, 2.05) is 24.3 Å². The first-order valence-corrected chi connectivity index (χ1v) is 9.96. The summed E-state index contributed by atoms with van der Waals surface area (Å²) in [5.41, 5.74) is 2.53. The molecule has 7 nitrogen and oxygen atoms in total. The number of nitrogens with zero attached hydrogens (tertiary/aromatic N) is 4. The molecule has 1 fully saturated rings. The van der Waals surface area contributed by atoms with E-state index in [4.69, 9.17) is 4.74 Å². The van der Waals surface area contributed by atoms with Crippen LogP contribution >= 0.6 is 0 Å². The lowest BCUT2D eigenvalue weighted by Crippen LogP contribution is -2.45. The first-order valence-electron chi connectivity index (χ1n) is 8.56. The Kier molecular flexibility index (Phi) is 5.55. The van der Waals surface area contributed by atoms with Crippen LogP contribution in [0.2, 0.25) is 0 Å². The highest BCUT2D eigenvalue weighted by atomic mass is 32.2. The van der Waals surface area contributed by atoms with E-state index in [0.29, 0.717) is 13.1 Å². The maximum atomic E-state index is 12.5. The van der Waals surface area contributed by atoms with Crippen molar-refractivity contribution in [2.24, 2.45) is 0 Å². The van der Waals surface area contributed by atoms with E-state index < -0.39 is 10.2 Å². The van der Waals surface area contributed by atoms with Crippen LogP contribution < -0.4 is 4.74 Å². The topological polar surface area (TPSA) is 75.6 Å². The third-order valence-electron chi connectivity index (χ3n) is 4.63. The van der Waals surface area contributed by atoms with Crippen molar-refractivity contribution in [2.75, 3.05) is 34.3 Å². The summed E-state index contributed by atoms with van der Waals surface area (Å²) >= 11 is 0. The van der Waals surface area contributed by atoms with Gasteiger partial charge in [0.2, 0.25) is 0 Å². The van der Waals surface area contributed by atoms with Crippen molar-refractivity contribution in [3.63, 3.8) is 0 Å². The molecule has 1 atom stereocenters. The molecule has 0 spiro atoms. The second-order valence-corrected chi connectivity index (χ2v) is 8.65. The van der Waals surface area contributed by atoms with Gasteiger partial charge in [-0.2, -0.15) is 17.0 Å². The lowest BCUT2D eigenvalue weighted by atomic mass is 9.92. The molecule has 1 saturated heterocycles. The Labute approximate surface area is 154 Å². The number of ether oxygens (including phenoxy) is 1. The summed E-state index contributed by atoms with van der Waals surface area (Å²) < 4.78 is 33.1. The van der Waals surface area contributed by atoms with E-state index in [1.165, 1.54) is 8.61 Å². The molecule has 2 aromatic rings. The average Bonchev–Trinajstić information content (AvgIpc) is 2.68. The van der Waals surface area contributed by atoms with Crippen LogP contribution in [0.5, 0.6) is 5.75 Å². The van der Waals surface area contributed by atoms with E-state index in [9.17, 15) is 8.42 Å². The van der Waals surface area contributed by atoms with Crippen molar-refractivity contribution >= 4 is 10.2 Å². The van der Waals surface area contributed by atoms with Gasteiger partial charge in [-0.15, -0.1) is 0 Å². The molecule has 0 unspecified atom stereocenters. The van der Waals surface area contributed by atoms with Crippen LogP contribution in [-0.4, -0.2) is 61.3 Å². The number of hydrogen-bond donors (Lipinski definition) is 0. The standard InChI is InChI=1S/C18H24N4O3S/c1-21(2)26(23,24)22-11-5-7-15(13-22)18-17(19-9-10-20-18)14-6-4-8-16(12-14)25-3/h4,6,8-10,12,15H,5,7,11,13H2,1-3H3/t15-/m1/s1. The van der Waals surface area contributed by atoms with E-state index >= 15 is 0 Å². The zero-order valence-electron chi connectivity index (χ0n) is 15.3. The van der Waals surface area contributed by atoms with Gasteiger partial charge < -0.3 is 4.74 Å². The largest absolute Gasteiger partial charge is 0.497 e. The molecule has 3 rings (SSSR count). The zero-order valence-corrected chi connectivity index (χ0v) is 16.1. The molecular formula is C18H24N4O3S. The van der Waals surface area contributed by atoms with Gasteiger partial charge >= 0.3 is 0 Å². The van der Waals surface area contributed by atoms with Crippen LogP contribution in [0.4, 0.5) is 0 Å². The smallest absolute Gasteiger partial charge is 0.281 e. The molecular weight excluding hydrogens is 352 g/mol. The van der Waals surface area contributed by atoms with Crippen molar-refractivity contribution in [3.05, 3.63) is 42.4 Å². The molecule has 140 valence electrons. The summed E-state index contributed by atoms with van der Waals surface area (Å²) in [6, 6.07) is 7.68. The molecule has 8 heteroatoms. The molecule has 0 bridgehead atoms. The maximum absolute atomic E-state index is 12.5. The number of piperidine rings is 1. The second kappa shape index (κ2) is 7.69. The van der Waals surface area contributed by atoms with Gasteiger partial charge in [-0.05, 0) is 25.0 Å². The molecule has 0 radical (unpaired) electrons. The fraction of sp³-hybridized carbons (Fsp3) is 0.444. The molecule has 0 amide bonds. The van der Waals surface area contributed by atoms with Crippen LogP contribution in [-0.2, 0) is 10.2 Å². The molecule has 2 heterocycles. The number of rotatable bonds is 5. The van der Waals surface area contributed by atoms with Crippen LogP contribution in [0.25, 0.3) is 11.3 Å². The fourth-order valence-corrected chi connectivity index (χ4v) is 4.44. The minimum Gasteiger partial charge on any atom is -0.497 e. The molecule has 1 aliphatic heterocycles. The van der Waals surface area contributed by atoms with Crippen molar-refractivity contribution < 1.29 is 13.2 Å². The number of aromatic nitrogens is 2. The predicted molar refractivity (Wildman–Crippen MR) is 100 cm³/mol. The Morgan fingerprint density at radius 2 is 2.00 bits per heavy atom. The maximum Gasteiger partial charge on any atom is 0.281 e. The summed E-state index contributed by atoms with van der Waals surface area (Å²) in [6.45, 7) is 0.946. The number of methoxy groups -OCH3 is 1. The third kappa shape index (κ3) is 3.72. The first kappa shape index (κ1) is 18.8. The third-order valence-corrected chi connectivity index (χ3v) is 6.54. The van der Waals surface area contributed by atoms with E-state index in [-0.39, 0.29) is 5.92 Å². The van der Waals surface area contributed by atoms with Crippen LogP contribution in [0.15, 0.2) is 36.7 Å². The predicted octanol–water partition coefficient (Wildman–Crippen LogP) is 2.14. The normalized spacial score (nSPS) is 18.8. The summed E-state index contributed by atoms with van der Waals surface area (Å²) in [4.78, 5) is 9.08. The van der Waals surface area contributed by atoms with E-state index in [2.05, 4.69) is 9.97 Å². The van der Waals surface area contributed by atoms with Gasteiger partial charge in [-0.1, -0.05) is 12.1 Å². The summed E-state index contributed by atoms with van der Waals surface area (Å²) in [5.74, 6) is 0.757. The second-order valence-electron chi connectivity index (χ2n) is 6.51. The molecule has 1 aliphatic rings. The van der Waals surface area contributed by atoms with Gasteiger partial charge in [0.25, 0.3) is 10.2 Å². The average molecular weight is 376 g/mol. The van der Waals surface area contributed by atoms with Crippen LogP contribution in [0.3, 0.4) is 0 Å². The lowest BCUT2D eigenvalue weighted by molar-refractivity contribution is 0.296. The first-order chi connectivity index (χ1) is 12.4. The van der Waals surface area contributed by atoms with Gasteiger partial charge in [-0.25, -0.2) is 0 Å². The Hall–Kier alpha value is -2.03. The van der Waals surface area contributed by atoms with E-state index in [0.717, 1.165) is 35.5 Å². The minimum absolute atomic E-state index is 0.00776. The number of hydrogen-bond acceptors (Lipinski definition) is 5. The van der Waals surface area contributed by atoms with Crippen molar-refractivity contribution in [1.29, 1.82) is 0 Å². The van der Waals surface area contributed by atoms with Gasteiger partial charge in [0.15, 0.2) is 0 Å². The van der Waals surface area contributed by atoms with Crippen molar-refractivity contribution in [3.8, 4) is 17.0 Å². The highest BCUT2D eigenvalue weighted by molar-refractivity contribution is 7.86. The molecule has 0 aliphatic carbocycles. The number of benzene rings is 1. The van der Waals surface area contributed by atoms with Gasteiger partial charge in [0.1, 0.15) is 5.75 Å². The summed E-state index contributed by atoms with van der Waals surface area (Å²) in [7, 11) is 1.31. The van der Waals surface area contributed by atoms with Crippen LogP contribution in [0.1, 0.15) is 24.5 Å². The highest BCUT2D eigenvalue weighted by Crippen LogP contribution is 2.33. The summed E-state index contributed by atoms with van der Waals surface area (Å²) in [6.07, 6.45) is 5.01.